The Morgan fingerprint density at radius 3 is 2.89 bits per heavy atom. The highest BCUT2D eigenvalue weighted by Gasteiger charge is 2.39. The highest BCUT2D eigenvalue weighted by Crippen LogP contribution is 2.34. The summed E-state index contributed by atoms with van der Waals surface area (Å²) in [5.74, 6) is -0.300. The van der Waals surface area contributed by atoms with Gasteiger partial charge in [-0.3, -0.25) is 4.79 Å². The number of rotatable bonds is 4. The Morgan fingerprint density at radius 1 is 1.67 bits per heavy atom. The first kappa shape index (κ1) is 14.9. The van der Waals surface area contributed by atoms with Crippen LogP contribution in [0, 0.1) is 0 Å². The van der Waals surface area contributed by atoms with Crippen LogP contribution in [0.15, 0.2) is 12.7 Å². The van der Waals surface area contributed by atoms with Gasteiger partial charge in [-0.25, -0.2) is 4.79 Å². The molecule has 0 aromatic carbocycles. The van der Waals surface area contributed by atoms with Crippen molar-refractivity contribution in [1.82, 2.24) is 5.32 Å². The summed E-state index contributed by atoms with van der Waals surface area (Å²) in [5.41, 5.74) is -0.367. The molecule has 1 saturated heterocycles. The van der Waals surface area contributed by atoms with Crippen LogP contribution in [0.4, 0.5) is 4.79 Å². The highest BCUT2D eigenvalue weighted by molar-refractivity contribution is 8.01. The molecular formula is C12H19NO4S. The van der Waals surface area contributed by atoms with Crippen LogP contribution < -0.4 is 5.32 Å². The van der Waals surface area contributed by atoms with Crippen LogP contribution in [-0.4, -0.2) is 34.9 Å². The van der Waals surface area contributed by atoms with E-state index in [1.54, 1.807) is 0 Å². The van der Waals surface area contributed by atoms with Gasteiger partial charge in [-0.2, -0.15) is 0 Å². The fourth-order valence-corrected chi connectivity index (χ4v) is 2.62. The van der Waals surface area contributed by atoms with Gasteiger partial charge in [0.15, 0.2) is 5.44 Å². The number of cyclic esters (lactones) is 1. The van der Waals surface area contributed by atoms with Gasteiger partial charge in [0.05, 0.1) is 12.5 Å². The van der Waals surface area contributed by atoms with Crippen LogP contribution in [0.1, 0.15) is 27.2 Å². The second-order valence-electron chi connectivity index (χ2n) is 4.93. The lowest BCUT2D eigenvalue weighted by atomic mass is 10.2. The van der Waals surface area contributed by atoms with E-state index in [1.165, 1.54) is 17.8 Å². The number of thioether (sulfide) groups is 1. The first-order valence-corrected chi connectivity index (χ1v) is 6.61. The van der Waals surface area contributed by atoms with E-state index in [0.717, 1.165) is 0 Å². The fraction of sp³-hybridized carbons (Fsp3) is 0.667. The third-order valence-electron chi connectivity index (χ3n) is 2.07. The molecule has 102 valence electrons. The van der Waals surface area contributed by atoms with E-state index in [1.807, 2.05) is 20.8 Å². The second kappa shape index (κ2) is 6.13. The van der Waals surface area contributed by atoms with Gasteiger partial charge >= 0.3 is 12.1 Å². The maximum Gasteiger partial charge on any atom is 0.407 e. The zero-order chi connectivity index (χ0) is 13.8. The number of hydrogen-bond donors (Lipinski definition) is 1. The lowest BCUT2D eigenvalue weighted by Crippen LogP contribution is -2.40. The molecule has 5 nitrogen and oxygen atoms in total. The first-order valence-electron chi connectivity index (χ1n) is 5.73. The standard InChI is InChI=1S/C12H19NO4S/c1-5-6-16-11(15)13-8-7-9(14)17-10(8)18-12(2,3)4/h5,8,10H,1,6-7H2,2-4H3,(H,13,15)/t8-,10-/m0/s1. The van der Waals surface area contributed by atoms with Crippen molar-refractivity contribution in [3.63, 3.8) is 0 Å². The predicted molar refractivity (Wildman–Crippen MR) is 70.3 cm³/mol. The van der Waals surface area contributed by atoms with Gasteiger partial charge in [0.25, 0.3) is 0 Å². The normalized spacial score (nSPS) is 23.4. The topological polar surface area (TPSA) is 64.6 Å². The number of esters is 1. The summed E-state index contributed by atoms with van der Waals surface area (Å²) in [6.07, 6.45) is 1.10. The molecule has 1 aliphatic heterocycles. The Bertz CT molecular complexity index is 337. The highest BCUT2D eigenvalue weighted by atomic mass is 32.2. The molecule has 0 aromatic heterocycles. The van der Waals surface area contributed by atoms with Crippen molar-refractivity contribution in [2.45, 2.75) is 43.4 Å². The largest absolute Gasteiger partial charge is 0.449 e. The molecule has 18 heavy (non-hydrogen) atoms. The summed E-state index contributed by atoms with van der Waals surface area (Å²) in [5, 5.41) is 2.64. The average molecular weight is 273 g/mol. The van der Waals surface area contributed by atoms with Crippen LogP contribution in [0.2, 0.25) is 0 Å². The average Bonchev–Trinajstić information content (AvgIpc) is 2.53. The van der Waals surface area contributed by atoms with Crippen LogP contribution in [-0.2, 0) is 14.3 Å². The molecule has 1 rings (SSSR count). The lowest BCUT2D eigenvalue weighted by Gasteiger charge is -2.25. The van der Waals surface area contributed by atoms with Crippen molar-refractivity contribution in [3.8, 4) is 0 Å². The molecule has 0 spiro atoms. The van der Waals surface area contributed by atoms with E-state index >= 15 is 0 Å². The minimum Gasteiger partial charge on any atom is -0.449 e. The molecule has 1 fully saturated rings. The first-order chi connectivity index (χ1) is 8.31. The third kappa shape index (κ3) is 5.00. The predicted octanol–water partition coefficient (Wildman–Crippen LogP) is 2.07. The Kier molecular flexibility index (Phi) is 5.07. The van der Waals surface area contributed by atoms with E-state index in [9.17, 15) is 9.59 Å². The second-order valence-corrected chi connectivity index (χ2v) is 6.86. The maximum atomic E-state index is 11.4. The van der Waals surface area contributed by atoms with Gasteiger partial charge < -0.3 is 14.8 Å². The summed E-state index contributed by atoms with van der Waals surface area (Å²) in [7, 11) is 0. The van der Waals surface area contributed by atoms with Crippen molar-refractivity contribution < 1.29 is 19.1 Å². The van der Waals surface area contributed by atoms with Gasteiger partial charge in [0.2, 0.25) is 0 Å². The number of amides is 1. The molecule has 6 heteroatoms. The van der Waals surface area contributed by atoms with E-state index in [4.69, 9.17) is 9.47 Å². The number of hydrogen-bond acceptors (Lipinski definition) is 5. The van der Waals surface area contributed by atoms with Gasteiger partial charge in [-0.15, -0.1) is 11.8 Å². The van der Waals surface area contributed by atoms with E-state index in [0.29, 0.717) is 0 Å². The third-order valence-corrected chi connectivity index (χ3v) is 3.43. The van der Waals surface area contributed by atoms with Crippen LogP contribution in [0.5, 0.6) is 0 Å². The van der Waals surface area contributed by atoms with Gasteiger partial charge in [-0.05, 0) is 0 Å². The maximum absolute atomic E-state index is 11.4. The molecule has 0 saturated carbocycles. The van der Waals surface area contributed by atoms with Gasteiger partial charge in [0.1, 0.15) is 6.61 Å². The van der Waals surface area contributed by atoms with Crippen molar-refractivity contribution in [2.24, 2.45) is 0 Å². The number of carbonyl (C=O) groups is 2. The number of alkyl carbamates (subject to hydrolysis) is 1. The summed E-state index contributed by atoms with van der Waals surface area (Å²) in [6, 6.07) is -0.348. The minimum atomic E-state index is -0.558. The molecule has 0 aromatic rings. The minimum absolute atomic E-state index is 0.0553. The monoisotopic (exact) mass is 273 g/mol. The summed E-state index contributed by atoms with van der Waals surface area (Å²) in [6.45, 7) is 9.67. The SMILES string of the molecule is C=CCOC(=O)N[C@H]1CC(=O)O[C@H]1SC(C)(C)C. The molecule has 0 radical (unpaired) electrons. The quantitative estimate of drug-likeness (QED) is 0.627. The number of carbonyl (C=O) groups excluding carboxylic acids is 2. The number of nitrogens with one attached hydrogen (secondary N) is 1. The molecular weight excluding hydrogens is 254 g/mol. The molecule has 0 unspecified atom stereocenters. The Hall–Kier alpha value is -1.17. The molecule has 0 aliphatic carbocycles. The lowest BCUT2D eigenvalue weighted by molar-refractivity contribution is -0.138. The molecule has 1 aliphatic rings. The van der Waals surface area contributed by atoms with Crippen LogP contribution >= 0.6 is 11.8 Å². The van der Waals surface area contributed by atoms with E-state index in [2.05, 4.69) is 11.9 Å². The fourth-order valence-electron chi connectivity index (χ4n) is 1.44. The van der Waals surface area contributed by atoms with E-state index < -0.39 is 6.09 Å². The van der Waals surface area contributed by atoms with Crippen molar-refractivity contribution >= 4 is 23.8 Å². The molecule has 1 heterocycles. The Balaban J connectivity index is 2.53. The molecule has 1 amide bonds. The Morgan fingerprint density at radius 2 is 2.33 bits per heavy atom. The molecule has 2 atom stereocenters. The van der Waals surface area contributed by atoms with Crippen molar-refractivity contribution in [2.75, 3.05) is 6.61 Å². The van der Waals surface area contributed by atoms with Crippen molar-refractivity contribution in [1.29, 1.82) is 0 Å². The molecule has 0 bridgehead atoms. The summed E-state index contributed by atoms with van der Waals surface area (Å²) < 4.78 is 9.96. The Labute approximate surface area is 111 Å². The van der Waals surface area contributed by atoms with Gasteiger partial charge in [0, 0.05) is 4.75 Å². The van der Waals surface area contributed by atoms with E-state index in [-0.39, 0.29) is 35.2 Å². The number of ether oxygens (including phenoxy) is 2. The summed E-state index contributed by atoms with van der Waals surface area (Å²) in [4.78, 5) is 22.7. The summed E-state index contributed by atoms with van der Waals surface area (Å²) >= 11 is 1.51. The van der Waals surface area contributed by atoms with Crippen molar-refractivity contribution in [3.05, 3.63) is 12.7 Å². The van der Waals surface area contributed by atoms with Crippen LogP contribution in [0.3, 0.4) is 0 Å². The smallest absolute Gasteiger partial charge is 0.407 e. The zero-order valence-electron chi connectivity index (χ0n) is 10.9. The van der Waals surface area contributed by atoms with Crippen LogP contribution in [0.25, 0.3) is 0 Å². The molecule has 1 N–H and O–H groups in total. The zero-order valence-corrected chi connectivity index (χ0v) is 11.7. The van der Waals surface area contributed by atoms with Gasteiger partial charge in [-0.1, -0.05) is 33.4 Å².